The first kappa shape index (κ1) is 20.1. The summed E-state index contributed by atoms with van der Waals surface area (Å²) >= 11 is 0. The fourth-order valence-electron chi connectivity index (χ4n) is 3.23. The van der Waals surface area contributed by atoms with Crippen LogP contribution in [0.5, 0.6) is 0 Å². The number of pyridine rings is 1. The molecule has 0 bridgehead atoms. The first-order chi connectivity index (χ1) is 14.9. The van der Waals surface area contributed by atoms with Crippen LogP contribution in [0.3, 0.4) is 0 Å². The Morgan fingerprint density at radius 2 is 2.13 bits per heavy atom. The highest BCUT2D eigenvalue weighted by Gasteiger charge is 2.42. The summed E-state index contributed by atoms with van der Waals surface area (Å²) in [4.78, 5) is 29.6. The lowest BCUT2D eigenvalue weighted by atomic mass is 10.0. The van der Waals surface area contributed by atoms with Gasteiger partial charge in [0.2, 0.25) is 5.60 Å². The minimum Gasteiger partial charge on any atom is -0.369 e. The van der Waals surface area contributed by atoms with Gasteiger partial charge in [-0.3, -0.25) is 9.59 Å². The maximum absolute atomic E-state index is 12.1. The highest BCUT2D eigenvalue weighted by molar-refractivity contribution is 5.97. The highest BCUT2D eigenvalue weighted by atomic mass is 16.3. The maximum atomic E-state index is 12.1. The molecule has 1 aromatic carbocycles. The van der Waals surface area contributed by atoms with Crippen LogP contribution in [-0.2, 0) is 4.79 Å². The predicted octanol–water partition coefficient (Wildman–Crippen LogP) is 1.05. The highest BCUT2D eigenvalue weighted by Crippen LogP contribution is 2.22. The Morgan fingerprint density at radius 3 is 2.81 bits per heavy atom. The summed E-state index contributed by atoms with van der Waals surface area (Å²) in [6, 6.07) is 12.4. The van der Waals surface area contributed by atoms with Crippen molar-refractivity contribution in [2.45, 2.75) is 12.0 Å². The Bertz CT molecular complexity index is 1210. The molecule has 1 saturated heterocycles. The number of carbonyl (C=O) groups is 2. The van der Waals surface area contributed by atoms with Crippen LogP contribution in [0.2, 0.25) is 0 Å². The Kier molecular flexibility index (Phi) is 5.15. The molecule has 4 N–H and O–H groups in total. The van der Waals surface area contributed by atoms with Gasteiger partial charge in [0, 0.05) is 31.8 Å². The second-order valence-electron chi connectivity index (χ2n) is 7.18. The van der Waals surface area contributed by atoms with Crippen molar-refractivity contribution in [2.75, 3.05) is 18.9 Å². The molecule has 0 aliphatic carbocycles. The third kappa shape index (κ3) is 4.10. The van der Waals surface area contributed by atoms with Crippen LogP contribution in [0.4, 0.5) is 11.5 Å². The Hall–Kier alpha value is -4.16. The SMILES string of the molecule is CN1CC[C@@](O)(C#Cc2cccc(-n3cc(Nc4ccccn4)c(C(N)=O)n3)c2)C1=O. The number of amides is 2. The molecular formula is C22H20N6O3. The topological polar surface area (TPSA) is 126 Å². The van der Waals surface area contributed by atoms with E-state index in [2.05, 4.69) is 27.2 Å². The molecule has 3 heterocycles. The standard InChI is InChI=1S/C22H20N6O3/c1-27-12-10-22(31,21(27)30)9-8-15-5-4-6-16(13-15)28-14-17(19(26-28)20(23)29)25-18-7-2-3-11-24-18/h2-7,11,13-14,31H,10,12H2,1H3,(H2,23,29)(H,24,25)/t22-/m0/s1. The van der Waals surface area contributed by atoms with Gasteiger partial charge in [0.1, 0.15) is 5.82 Å². The number of carbonyl (C=O) groups excluding carboxylic acids is 2. The number of likely N-dealkylation sites (N-methyl/N-ethyl adjacent to an activating group) is 1. The molecule has 3 aromatic rings. The van der Waals surface area contributed by atoms with Crippen molar-refractivity contribution in [3.05, 3.63) is 66.1 Å². The molecule has 2 aromatic heterocycles. The van der Waals surface area contributed by atoms with Gasteiger partial charge in [0.25, 0.3) is 11.8 Å². The van der Waals surface area contributed by atoms with Crippen LogP contribution in [-0.4, -0.2) is 55.8 Å². The summed E-state index contributed by atoms with van der Waals surface area (Å²) in [6.07, 6.45) is 3.52. The number of nitrogens with one attached hydrogen (secondary N) is 1. The smallest absolute Gasteiger partial charge is 0.271 e. The van der Waals surface area contributed by atoms with Crippen molar-refractivity contribution < 1.29 is 14.7 Å². The van der Waals surface area contributed by atoms with Crippen molar-refractivity contribution in [1.29, 1.82) is 0 Å². The third-order valence-electron chi connectivity index (χ3n) is 4.91. The van der Waals surface area contributed by atoms with E-state index in [9.17, 15) is 14.7 Å². The van der Waals surface area contributed by atoms with Gasteiger partial charge < -0.3 is 21.1 Å². The van der Waals surface area contributed by atoms with Gasteiger partial charge in [-0.15, -0.1) is 0 Å². The fraction of sp³-hybridized carbons (Fsp3) is 0.182. The van der Waals surface area contributed by atoms with Crippen LogP contribution in [0, 0.1) is 11.8 Å². The van der Waals surface area contributed by atoms with Gasteiger partial charge in [-0.1, -0.05) is 24.0 Å². The number of benzene rings is 1. The first-order valence-corrected chi connectivity index (χ1v) is 9.55. The van der Waals surface area contributed by atoms with E-state index in [1.54, 1.807) is 55.8 Å². The van der Waals surface area contributed by atoms with E-state index in [1.807, 2.05) is 6.07 Å². The minimum absolute atomic E-state index is 0.0658. The van der Waals surface area contributed by atoms with Crippen molar-refractivity contribution in [3.8, 4) is 17.5 Å². The zero-order valence-corrected chi connectivity index (χ0v) is 16.7. The molecule has 0 saturated carbocycles. The molecule has 4 rings (SSSR count). The lowest BCUT2D eigenvalue weighted by Gasteiger charge is -2.13. The molecule has 9 nitrogen and oxygen atoms in total. The number of aliphatic hydroxyl groups is 1. The number of hydrogen-bond donors (Lipinski definition) is 3. The number of rotatable bonds is 4. The number of nitrogens with zero attached hydrogens (tertiary/aromatic N) is 4. The average molecular weight is 416 g/mol. The van der Waals surface area contributed by atoms with E-state index in [4.69, 9.17) is 5.73 Å². The van der Waals surface area contributed by atoms with Crippen molar-refractivity contribution in [3.63, 3.8) is 0 Å². The molecule has 1 fully saturated rings. The van der Waals surface area contributed by atoms with E-state index in [-0.39, 0.29) is 12.1 Å². The summed E-state index contributed by atoms with van der Waals surface area (Å²) in [5.74, 6) is 5.02. The van der Waals surface area contributed by atoms with Gasteiger partial charge in [0.15, 0.2) is 5.69 Å². The fourth-order valence-corrected chi connectivity index (χ4v) is 3.23. The van der Waals surface area contributed by atoms with Crippen LogP contribution in [0.15, 0.2) is 54.9 Å². The summed E-state index contributed by atoms with van der Waals surface area (Å²) in [5, 5.41) is 17.8. The molecule has 1 aliphatic rings. The summed E-state index contributed by atoms with van der Waals surface area (Å²) < 4.78 is 1.50. The van der Waals surface area contributed by atoms with Gasteiger partial charge in [-0.05, 0) is 30.3 Å². The van der Waals surface area contributed by atoms with Crippen molar-refractivity contribution in [2.24, 2.45) is 5.73 Å². The van der Waals surface area contributed by atoms with Crippen LogP contribution >= 0.6 is 0 Å². The molecule has 0 spiro atoms. The molecule has 31 heavy (non-hydrogen) atoms. The lowest BCUT2D eigenvalue weighted by Crippen LogP contribution is -2.37. The molecular weight excluding hydrogens is 396 g/mol. The number of likely N-dealkylation sites (tertiary alicyclic amines) is 1. The van der Waals surface area contributed by atoms with Gasteiger partial charge in [-0.25, -0.2) is 9.67 Å². The number of anilines is 2. The first-order valence-electron chi connectivity index (χ1n) is 9.55. The van der Waals surface area contributed by atoms with Crippen molar-refractivity contribution >= 4 is 23.3 Å². The maximum Gasteiger partial charge on any atom is 0.271 e. The number of primary amides is 1. The van der Waals surface area contributed by atoms with E-state index >= 15 is 0 Å². The molecule has 2 amide bonds. The summed E-state index contributed by atoms with van der Waals surface area (Å²) in [7, 11) is 1.63. The quantitative estimate of drug-likeness (QED) is 0.546. The van der Waals surface area contributed by atoms with E-state index in [0.717, 1.165) is 0 Å². The molecule has 0 radical (unpaired) electrons. The molecule has 1 aliphatic heterocycles. The number of hydrogen-bond acceptors (Lipinski definition) is 6. The van der Waals surface area contributed by atoms with Gasteiger partial charge in [-0.2, -0.15) is 5.10 Å². The van der Waals surface area contributed by atoms with E-state index < -0.39 is 17.4 Å². The van der Waals surface area contributed by atoms with E-state index in [0.29, 0.717) is 29.3 Å². The van der Waals surface area contributed by atoms with Crippen LogP contribution in [0.1, 0.15) is 22.5 Å². The Labute approximate surface area is 178 Å². The lowest BCUT2D eigenvalue weighted by molar-refractivity contribution is -0.137. The van der Waals surface area contributed by atoms with Gasteiger partial charge in [0.05, 0.1) is 17.6 Å². The molecule has 0 unspecified atom stereocenters. The average Bonchev–Trinajstić information content (AvgIpc) is 3.31. The molecule has 156 valence electrons. The normalized spacial score (nSPS) is 17.9. The van der Waals surface area contributed by atoms with E-state index in [1.165, 1.54) is 9.58 Å². The summed E-state index contributed by atoms with van der Waals surface area (Å²) in [6.45, 7) is 0.458. The molecule has 1 atom stereocenters. The van der Waals surface area contributed by atoms with Gasteiger partial charge >= 0.3 is 0 Å². The van der Waals surface area contributed by atoms with Crippen LogP contribution < -0.4 is 11.1 Å². The van der Waals surface area contributed by atoms with Crippen molar-refractivity contribution in [1.82, 2.24) is 19.7 Å². The monoisotopic (exact) mass is 416 g/mol. The largest absolute Gasteiger partial charge is 0.369 e. The minimum atomic E-state index is -1.67. The second-order valence-corrected chi connectivity index (χ2v) is 7.18. The molecule has 9 heteroatoms. The number of aromatic nitrogens is 3. The second kappa shape index (κ2) is 7.93. The summed E-state index contributed by atoms with van der Waals surface area (Å²) in [5.41, 5.74) is 5.51. The zero-order chi connectivity index (χ0) is 22.0. The zero-order valence-electron chi connectivity index (χ0n) is 16.7. The predicted molar refractivity (Wildman–Crippen MR) is 114 cm³/mol. The third-order valence-corrected chi connectivity index (χ3v) is 4.91. The number of nitrogens with two attached hydrogens (primary N) is 1. The Balaban J connectivity index is 1.64. The van der Waals surface area contributed by atoms with Crippen LogP contribution in [0.25, 0.3) is 5.69 Å². The Morgan fingerprint density at radius 1 is 1.29 bits per heavy atom.